The van der Waals surface area contributed by atoms with Gasteiger partial charge in [-0.3, -0.25) is 14.2 Å². The van der Waals surface area contributed by atoms with Gasteiger partial charge in [0.05, 0.1) is 40.8 Å². The standard InChI is InChI=1S/C21H18BrClFN5O2/c1-12-20(22)13(2)29(27-12)11-17-5-6-19(31-17)21(30)26-16-8-25-28(10-16)9-14-3-4-15(24)7-18(14)23/h3-8,10H,9,11H2,1-2H3,(H,26,30). The average molecular weight is 507 g/mol. The maximum absolute atomic E-state index is 13.2. The molecule has 31 heavy (non-hydrogen) atoms. The zero-order chi connectivity index (χ0) is 22.1. The second-order valence-electron chi connectivity index (χ2n) is 7.02. The molecule has 0 spiro atoms. The fourth-order valence-corrected chi connectivity index (χ4v) is 3.60. The van der Waals surface area contributed by atoms with Crippen LogP contribution >= 0.6 is 27.5 Å². The van der Waals surface area contributed by atoms with Crippen LogP contribution < -0.4 is 5.32 Å². The van der Waals surface area contributed by atoms with Crippen LogP contribution in [0.3, 0.4) is 0 Å². The van der Waals surface area contributed by atoms with Gasteiger partial charge in [-0.05, 0) is 59.6 Å². The van der Waals surface area contributed by atoms with Crippen molar-refractivity contribution in [3.05, 3.63) is 86.5 Å². The molecule has 0 fully saturated rings. The molecular weight excluding hydrogens is 489 g/mol. The summed E-state index contributed by atoms with van der Waals surface area (Å²) >= 11 is 9.56. The quantitative estimate of drug-likeness (QED) is 0.390. The van der Waals surface area contributed by atoms with Gasteiger partial charge in [-0.25, -0.2) is 4.39 Å². The summed E-state index contributed by atoms with van der Waals surface area (Å²) in [5.41, 5.74) is 3.09. The Morgan fingerprint density at radius 1 is 1.26 bits per heavy atom. The number of aromatic nitrogens is 4. The molecule has 1 aromatic carbocycles. The summed E-state index contributed by atoms with van der Waals surface area (Å²) in [4.78, 5) is 12.5. The van der Waals surface area contributed by atoms with E-state index >= 15 is 0 Å². The Morgan fingerprint density at radius 3 is 2.77 bits per heavy atom. The van der Waals surface area contributed by atoms with Crippen LogP contribution in [0.25, 0.3) is 0 Å². The molecule has 1 amide bonds. The number of halogens is 3. The maximum Gasteiger partial charge on any atom is 0.291 e. The number of amides is 1. The molecule has 10 heteroatoms. The van der Waals surface area contributed by atoms with Crippen LogP contribution in [0.4, 0.5) is 10.1 Å². The minimum absolute atomic E-state index is 0.185. The molecule has 0 unspecified atom stereocenters. The first-order valence-corrected chi connectivity index (χ1v) is 10.5. The summed E-state index contributed by atoms with van der Waals surface area (Å²) in [6.07, 6.45) is 3.18. The van der Waals surface area contributed by atoms with Gasteiger partial charge in [0.15, 0.2) is 5.76 Å². The minimum Gasteiger partial charge on any atom is -0.454 e. The number of hydrogen-bond acceptors (Lipinski definition) is 4. The van der Waals surface area contributed by atoms with Crippen LogP contribution in [0.1, 0.15) is 33.3 Å². The molecule has 0 radical (unpaired) electrons. The van der Waals surface area contributed by atoms with E-state index in [1.54, 1.807) is 29.1 Å². The molecule has 4 rings (SSSR count). The lowest BCUT2D eigenvalue weighted by Crippen LogP contribution is -2.10. The normalized spacial score (nSPS) is 11.1. The van der Waals surface area contributed by atoms with Gasteiger partial charge in [0.25, 0.3) is 5.91 Å². The highest BCUT2D eigenvalue weighted by Gasteiger charge is 2.15. The Labute approximate surface area is 190 Å². The van der Waals surface area contributed by atoms with Crippen molar-refractivity contribution in [3.8, 4) is 0 Å². The van der Waals surface area contributed by atoms with Gasteiger partial charge in [0.1, 0.15) is 11.6 Å². The molecule has 0 saturated carbocycles. The van der Waals surface area contributed by atoms with E-state index in [1.807, 2.05) is 18.5 Å². The highest BCUT2D eigenvalue weighted by Crippen LogP contribution is 2.22. The van der Waals surface area contributed by atoms with Crippen LogP contribution in [0.2, 0.25) is 5.02 Å². The highest BCUT2D eigenvalue weighted by atomic mass is 79.9. The van der Waals surface area contributed by atoms with Crippen LogP contribution in [0.15, 0.2) is 51.6 Å². The predicted octanol–water partition coefficient (Wildman–Crippen LogP) is 5.19. The number of rotatable bonds is 6. The molecule has 0 aliphatic rings. The lowest BCUT2D eigenvalue weighted by Gasteiger charge is -2.04. The molecule has 7 nitrogen and oxygen atoms in total. The van der Waals surface area contributed by atoms with Crippen molar-refractivity contribution in [3.63, 3.8) is 0 Å². The van der Waals surface area contributed by atoms with Crippen molar-refractivity contribution >= 4 is 39.1 Å². The van der Waals surface area contributed by atoms with E-state index in [9.17, 15) is 9.18 Å². The van der Waals surface area contributed by atoms with Crippen molar-refractivity contribution in [2.24, 2.45) is 0 Å². The molecule has 0 saturated heterocycles. The van der Waals surface area contributed by atoms with E-state index in [4.69, 9.17) is 16.0 Å². The third kappa shape index (κ3) is 4.72. The average Bonchev–Trinajstić information content (AvgIpc) is 3.42. The summed E-state index contributed by atoms with van der Waals surface area (Å²) in [6.45, 7) is 4.64. The van der Waals surface area contributed by atoms with Crippen molar-refractivity contribution in [2.75, 3.05) is 5.32 Å². The van der Waals surface area contributed by atoms with E-state index in [1.165, 1.54) is 18.3 Å². The Bertz CT molecular complexity index is 1260. The third-order valence-electron chi connectivity index (χ3n) is 4.72. The summed E-state index contributed by atoms with van der Waals surface area (Å²) in [7, 11) is 0. The maximum atomic E-state index is 13.2. The second-order valence-corrected chi connectivity index (χ2v) is 8.23. The number of hydrogen-bond donors (Lipinski definition) is 1. The number of nitrogens with one attached hydrogen (secondary N) is 1. The first-order chi connectivity index (χ1) is 14.8. The van der Waals surface area contributed by atoms with Crippen molar-refractivity contribution < 1.29 is 13.6 Å². The van der Waals surface area contributed by atoms with Gasteiger partial charge in [-0.1, -0.05) is 17.7 Å². The second kappa shape index (κ2) is 8.68. The number of furan rings is 1. The summed E-state index contributed by atoms with van der Waals surface area (Å²) in [5.74, 6) is 0.0143. The zero-order valence-electron chi connectivity index (χ0n) is 16.7. The van der Waals surface area contributed by atoms with E-state index in [-0.39, 0.29) is 11.7 Å². The predicted molar refractivity (Wildman–Crippen MR) is 118 cm³/mol. The molecule has 0 atom stereocenters. The monoisotopic (exact) mass is 505 g/mol. The molecule has 3 heterocycles. The molecule has 160 valence electrons. The molecular formula is C21H18BrClFN5O2. The molecule has 1 N–H and O–H groups in total. The number of carbonyl (C=O) groups is 1. The number of benzene rings is 1. The molecule has 0 bridgehead atoms. The smallest absolute Gasteiger partial charge is 0.291 e. The lowest BCUT2D eigenvalue weighted by atomic mass is 10.2. The van der Waals surface area contributed by atoms with E-state index in [0.29, 0.717) is 29.6 Å². The lowest BCUT2D eigenvalue weighted by molar-refractivity contribution is 0.0994. The van der Waals surface area contributed by atoms with Crippen molar-refractivity contribution in [1.82, 2.24) is 19.6 Å². The molecule has 0 aliphatic heterocycles. The first kappa shape index (κ1) is 21.3. The Hall–Kier alpha value is -2.91. The van der Waals surface area contributed by atoms with E-state index < -0.39 is 5.82 Å². The topological polar surface area (TPSA) is 77.9 Å². The van der Waals surface area contributed by atoms with Crippen molar-refractivity contribution in [1.29, 1.82) is 0 Å². The van der Waals surface area contributed by atoms with E-state index in [0.717, 1.165) is 21.4 Å². The number of anilines is 1. The summed E-state index contributed by atoms with van der Waals surface area (Å²) < 4.78 is 23.2. The highest BCUT2D eigenvalue weighted by molar-refractivity contribution is 9.10. The van der Waals surface area contributed by atoms with Gasteiger partial charge in [0.2, 0.25) is 0 Å². The number of nitrogens with zero attached hydrogens (tertiary/aromatic N) is 4. The van der Waals surface area contributed by atoms with Crippen LogP contribution in [0.5, 0.6) is 0 Å². The van der Waals surface area contributed by atoms with Gasteiger partial charge in [0, 0.05) is 11.2 Å². The largest absolute Gasteiger partial charge is 0.454 e. The van der Waals surface area contributed by atoms with Gasteiger partial charge >= 0.3 is 0 Å². The molecule has 4 aromatic rings. The zero-order valence-corrected chi connectivity index (χ0v) is 19.0. The molecule has 0 aliphatic carbocycles. The minimum atomic E-state index is -0.398. The number of aryl methyl sites for hydroxylation is 1. The van der Waals surface area contributed by atoms with Crippen LogP contribution in [-0.4, -0.2) is 25.5 Å². The number of carbonyl (C=O) groups excluding carboxylic acids is 1. The van der Waals surface area contributed by atoms with Crippen LogP contribution in [0, 0.1) is 19.7 Å². The van der Waals surface area contributed by atoms with Crippen LogP contribution in [-0.2, 0) is 13.1 Å². The summed E-state index contributed by atoms with van der Waals surface area (Å²) in [5, 5.41) is 11.7. The SMILES string of the molecule is Cc1nn(Cc2ccc(C(=O)Nc3cnn(Cc4ccc(F)cc4Cl)c3)o2)c(C)c1Br. The first-order valence-electron chi connectivity index (χ1n) is 9.36. The fraction of sp³-hybridized carbons (Fsp3) is 0.190. The van der Waals surface area contributed by atoms with Gasteiger partial charge in [-0.2, -0.15) is 10.2 Å². The third-order valence-corrected chi connectivity index (χ3v) is 6.22. The summed E-state index contributed by atoms with van der Waals surface area (Å²) in [6, 6.07) is 7.56. The fourth-order valence-electron chi connectivity index (χ4n) is 3.09. The Morgan fingerprint density at radius 2 is 2.06 bits per heavy atom. The van der Waals surface area contributed by atoms with Gasteiger partial charge in [-0.15, -0.1) is 0 Å². The Balaban J connectivity index is 1.40. The Kier molecular flexibility index (Phi) is 5.97. The molecule has 3 aromatic heterocycles. The van der Waals surface area contributed by atoms with Gasteiger partial charge < -0.3 is 9.73 Å². The van der Waals surface area contributed by atoms with E-state index in [2.05, 4.69) is 31.4 Å². The van der Waals surface area contributed by atoms with Crippen molar-refractivity contribution in [2.45, 2.75) is 26.9 Å².